The van der Waals surface area contributed by atoms with Crippen LogP contribution in [0.25, 0.3) is 0 Å². The van der Waals surface area contributed by atoms with Crippen molar-refractivity contribution in [3.63, 3.8) is 0 Å². The van der Waals surface area contributed by atoms with Gasteiger partial charge in [0.2, 0.25) is 0 Å². The smallest absolute Gasteiger partial charge is 0.0948 e. The highest BCUT2D eigenvalue weighted by molar-refractivity contribution is 5.09. The van der Waals surface area contributed by atoms with Crippen LogP contribution in [0.15, 0.2) is 12.5 Å². The van der Waals surface area contributed by atoms with Crippen LogP contribution in [-0.2, 0) is 6.54 Å². The van der Waals surface area contributed by atoms with E-state index in [1.165, 1.54) is 12.1 Å². The molecule has 4 heteroatoms. The van der Waals surface area contributed by atoms with E-state index < -0.39 is 0 Å². The van der Waals surface area contributed by atoms with Crippen LogP contribution in [-0.4, -0.2) is 48.2 Å². The molecule has 1 aromatic heterocycles. The Kier molecular flexibility index (Phi) is 4.07. The van der Waals surface area contributed by atoms with Crippen molar-refractivity contribution >= 4 is 0 Å². The Bertz CT molecular complexity index is 375. The molecule has 0 bridgehead atoms. The van der Waals surface area contributed by atoms with Crippen LogP contribution in [0.5, 0.6) is 0 Å². The van der Waals surface area contributed by atoms with Crippen molar-refractivity contribution in [2.45, 2.75) is 32.7 Å². The van der Waals surface area contributed by atoms with Gasteiger partial charge in [-0.25, -0.2) is 4.98 Å². The summed E-state index contributed by atoms with van der Waals surface area (Å²) >= 11 is 0. The van der Waals surface area contributed by atoms with Crippen LogP contribution in [0.3, 0.4) is 0 Å². The molecule has 0 spiro atoms. The standard InChI is InChI=1S/C14H26N4/c1-14(2,9-17(3)4)10-18-11-16-8-13(18)12-5-6-15-7-12/h8,11-12,15H,5-7,9-10H2,1-4H3. The van der Waals surface area contributed by atoms with Gasteiger partial charge in [0.15, 0.2) is 0 Å². The molecule has 18 heavy (non-hydrogen) atoms. The van der Waals surface area contributed by atoms with Gasteiger partial charge in [0, 0.05) is 37.4 Å². The molecule has 1 aliphatic heterocycles. The molecule has 0 radical (unpaired) electrons. The maximum atomic E-state index is 4.35. The summed E-state index contributed by atoms with van der Waals surface area (Å²) in [6.07, 6.45) is 5.27. The molecule has 0 amide bonds. The largest absolute Gasteiger partial charge is 0.334 e. The highest BCUT2D eigenvalue weighted by Gasteiger charge is 2.24. The Morgan fingerprint density at radius 2 is 2.28 bits per heavy atom. The van der Waals surface area contributed by atoms with Crippen LogP contribution >= 0.6 is 0 Å². The van der Waals surface area contributed by atoms with E-state index >= 15 is 0 Å². The minimum atomic E-state index is 0.269. The Labute approximate surface area is 110 Å². The van der Waals surface area contributed by atoms with E-state index in [0.29, 0.717) is 5.92 Å². The zero-order valence-electron chi connectivity index (χ0n) is 12.1. The summed E-state index contributed by atoms with van der Waals surface area (Å²) in [6.45, 7) is 9.01. The van der Waals surface area contributed by atoms with Crippen molar-refractivity contribution in [2.75, 3.05) is 33.7 Å². The second-order valence-corrected chi connectivity index (χ2v) is 6.54. The predicted molar refractivity (Wildman–Crippen MR) is 74.8 cm³/mol. The van der Waals surface area contributed by atoms with Crippen LogP contribution in [0.4, 0.5) is 0 Å². The van der Waals surface area contributed by atoms with Crippen LogP contribution in [0, 0.1) is 5.41 Å². The molecule has 1 atom stereocenters. The first kappa shape index (κ1) is 13.6. The number of hydrogen-bond donors (Lipinski definition) is 1. The Balaban J connectivity index is 2.07. The number of nitrogens with zero attached hydrogens (tertiary/aromatic N) is 3. The van der Waals surface area contributed by atoms with E-state index in [-0.39, 0.29) is 5.41 Å². The van der Waals surface area contributed by atoms with Gasteiger partial charge in [0.05, 0.1) is 6.33 Å². The van der Waals surface area contributed by atoms with Crippen molar-refractivity contribution in [2.24, 2.45) is 5.41 Å². The lowest BCUT2D eigenvalue weighted by molar-refractivity contribution is 0.209. The van der Waals surface area contributed by atoms with E-state index in [2.05, 4.69) is 47.7 Å². The molecule has 1 aromatic rings. The van der Waals surface area contributed by atoms with E-state index in [0.717, 1.165) is 26.2 Å². The monoisotopic (exact) mass is 250 g/mol. The SMILES string of the molecule is CN(C)CC(C)(C)Cn1cncc1C1CCNC1. The normalized spacial score (nSPS) is 20.8. The van der Waals surface area contributed by atoms with Gasteiger partial charge < -0.3 is 14.8 Å². The van der Waals surface area contributed by atoms with Gasteiger partial charge in [-0.15, -0.1) is 0 Å². The minimum Gasteiger partial charge on any atom is -0.334 e. The molecule has 1 N–H and O–H groups in total. The zero-order valence-corrected chi connectivity index (χ0v) is 12.1. The van der Waals surface area contributed by atoms with E-state index in [4.69, 9.17) is 0 Å². The summed E-state index contributed by atoms with van der Waals surface area (Å²) < 4.78 is 2.35. The van der Waals surface area contributed by atoms with Crippen LogP contribution in [0.2, 0.25) is 0 Å². The van der Waals surface area contributed by atoms with Gasteiger partial charge in [0.1, 0.15) is 0 Å². The molecular weight excluding hydrogens is 224 g/mol. The number of imidazole rings is 1. The number of hydrogen-bond acceptors (Lipinski definition) is 3. The summed E-state index contributed by atoms with van der Waals surface area (Å²) in [4.78, 5) is 6.61. The molecule has 2 rings (SSSR count). The molecule has 0 aromatic carbocycles. The lowest BCUT2D eigenvalue weighted by Crippen LogP contribution is -2.32. The lowest BCUT2D eigenvalue weighted by atomic mass is 9.92. The molecule has 4 nitrogen and oxygen atoms in total. The third-order valence-corrected chi connectivity index (χ3v) is 3.57. The van der Waals surface area contributed by atoms with E-state index in [1.54, 1.807) is 0 Å². The van der Waals surface area contributed by atoms with Crippen molar-refractivity contribution in [3.8, 4) is 0 Å². The topological polar surface area (TPSA) is 33.1 Å². The summed E-state index contributed by atoms with van der Waals surface area (Å²) in [6, 6.07) is 0. The van der Waals surface area contributed by atoms with Crippen molar-refractivity contribution in [1.82, 2.24) is 19.8 Å². The molecule has 0 saturated carbocycles. The average Bonchev–Trinajstić information content (AvgIpc) is 2.83. The maximum Gasteiger partial charge on any atom is 0.0948 e. The molecule has 1 aliphatic rings. The van der Waals surface area contributed by atoms with Crippen LogP contribution in [0.1, 0.15) is 31.9 Å². The van der Waals surface area contributed by atoms with Gasteiger partial charge in [0.25, 0.3) is 0 Å². The van der Waals surface area contributed by atoms with Gasteiger partial charge in [-0.1, -0.05) is 13.8 Å². The molecule has 102 valence electrons. The maximum absolute atomic E-state index is 4.35. The molecule has 1 saturated heterocycles. The summed E-state index contributed by atoms with van der Waals surface area (Å²) in [5.74, 6) is 0.641. The fourth-order valence-electron chi connectivity index (χ4n) is 3.08. The van der Waals surface area contributed by atoms with Crippen LogP contribution < -0.4 is 5.32 Å². The lowest BCUT2D eigenvalue weighted by Gasteiger charge is -2.29. The van der Waals surface area contributed by atoms with E-state index in [1.807, 2.05) is 12.5 Å². The Hall–Kier alpha value is -0.870. The first-order valence-corrected chi connectivity index (χ1v) is 6.83. The molecular formula is C14H26N4. The highest BCUT2D eigenvalue weighted by Crippen LogP contribution is 2.26. The fourth-order valence-corrected chi connectivity index (χ4v) is 3.08. The van der Waals surface area contributed by atoms with Gasteiger partial charge in [-0.2, -0.15) is 0 Å². The summed E-state index contributed by atoms with van der Waals surface area (Å²) in [5, 5.41) is 3.43. The average molecular weight is 250 g/mol. The van der Waals surface area contributed by atoms with Crippen molar-refractivity contribution in [1.29, 1.82) is 0 Å². The minimum absolute atomic E-state index is 0.269. The first-order valence-electron chi connectivity index (χ1n) is 6.83. The fraction of sp³-hybridized carbons (Fsp3) is 0.786. The van der Waals surface area contributed by atoms with Crippen molar-refractivity contribution in [3.05, 3.63) is 18.2 Å². The second kappa shape index (κ2) is 5.41. The number of rotatable bonds is 5. The molecule has 1 fully saturated rings. The third-order valence-electron chi connectivity index (χ3n) is 3.57. The van der Waals surface area contributed by atoms with Gasteiger partial charge in [-0.05, 0) is 32.5 Å². The number of nitrogens with one attached hydrogen (secondary N) is 1. The summed E-state index contributed by atoms with van der Waals surface area (Å²) in [7, 11) is 4.27. The highest BCUT2D eigenvalue weighted by atomic mass is 15.1. The third kappa shape index (κ3) is 3.33. The first-order chi connectivity index (χ1) is 8.48. The number of aromatic nitrogens is 2. The van der Waals surface area contributed by atoms with E-state index in [9.17, 15) is 0 Å². The Morgan fingerprint density at radius 1 is 1.50 bits per heavy atom. The Morgan fingerprint density at radius 3 is 2.89 bits per heavy atom. The van der Waals surface area contributed by atoms with Gasteiger partial charge >= 0.3 is 0 Å². The zero-order chi connectivity index (χ0) is 13.2. The second-order valence-electron chi connectivity index (χ2n) is 6.54. The predicted octanol–water partition coefficient (Wildman–Crippen LogP) is 1.55. The van der Waals surface area contributed by atoms with Gasteiger partial charge in [-0.3, -0.25) is 0 Å². The molecule has 2 heterocycles. The molecule has 1 unspecified atom stereocenters. The molecule has 0 aliphatic carbocycles. The van der Waals surface area contributed by atoms with Crippen molar-refractivity contribution < 1.29 is 0 Å². The quantitative estimate of drug-likeness (QED) is 0.860. The summed E-state index contributed by atoms with van der Waals surface area (Å²) in [5.41, 5.74) is 1.66.